The number of carbonyl (C=O) groups excluding carboxylic acids is 4. The molecule has 3 aromatic rings. The number of hydrogen-bond acceptors (Lipinski definition) is 7. The molecule has 10 heteroatoms. The van der Waals surface area contributed by atoms with Gasteiger partial charge >= 0.3 is 12.1 Å². The predicted octanol–water partition coefficient (Wildman–Crippen LogP) is 2.62. The largest absolute Gasteiger partial charge is 0.497 e. The van der Waals surface area contributed by atoms with Gasteiger partial charge in [-0.15, -0.1) is 0 Å². The Morgan fingerprint density at radius 1 is 0.865 bits per heavy atom. The van der Waals surface area contributed by atoms with Gasteiger partial charge in [0.25, 0.3) is 5.91 Å². The summed E-state index contributed by atoms with van der Waals surface area (Å²) in [5.41, 5.74) is 6.88. The first-order valence-corrected chi connectivity index (χ1v) is 11.3. The third-order valence-electron chi connectivity index (χ3n) is 5.15. The first-order valence-electron chi connectivity index (χ1n) is 11.3. The summed E-state index contributed by atoms with van der Waals surface area (Å²) in [6, 6.07) is 22.6. The zero-order valence-electron chi connectivity index (χ0n) is 20.2. The highest BCUT2D eigenvalue weighted by molar-refractivity contribution is 5.93. The fourth-order valence-electron chi connectivity index (χ4n) is 3.31. The van der Waals surface area contributed by atoms with Crippen LogP contribution in [0.3, 0.4) is 0 Å². The number of methoxy groups -OCH3 is 1. The number of hydrogen-bond donors (Lipinski definition) is 2. The number of benzene rings is 3. The van der Waals surface area contributed by atoms with Gasteiger partial charge < -0.3 is 25.4 Å². The number of alkyl carbamates (subject to hydrolysis) is 1. The van der Waals surface area contributed by atoms with Gasteiger partial charge in [-0.2, -0.15) is 5.06 Å². The van der Waals surface area contributed by atoms with Gasteiger partial charge in [0.05, 0.1) is 12.7 Å². The van der Waals surface area contributed by atoms with Gasteiger partial charge in [0.1, 0.15) is 24.9 Å². The van der Waals surface area contributed by atoms with Gasteiger partial charge in [0, 0.05) is 6.42 Å². The molecule has 3 rings (SSSR count). The highest BCUT2D eigenvalue weighted by Gasteiger charge is 2.31. The molecule has 0 saturated heterocycles. The van der Waals surface area contributed by atoms with E-state index in [4.69, 9.17) is 20.0 Å². The van der Waals surface area contributed by atoms with Crippen LogP contribution in [0, 0.1) is 0 Å². The Hall–Kier alpha value is -4.86. The van der Waals surface area contributed by atoms with Gasteiger partial charge in [-0.3, -0.25) is 9.59 Å². The Bertz CT molecular complexity index is 1200. The number of ether oxygens (including phenoxy) is 2. The topological polar surface area (TPSA) is 137 Å². The summed E-state index contributed by atoms with van der Waals surface area (Å²) in [5.74, 6) is -2.16. The van der Waals surface area contributed by atoms with E-state index in [2.05, 4.69) is 5.32 Å². The van der Waals surface area contributed by atoms with Crippen molar-refractivity contribution in [2.24, 2.45) is 5.73 Å². The zero-order chi connectivity index (χ0) is 26.6. The Labute approximate surface area is 213 Å². The maximum atomic E-state index is 13.4. The van der Waals surface area contributed by atoms with Crippen LogP contribution in [0.15, 0.2) is 84.9 Å². The maximum Gasteiger partial charge on any atom is 0.408 e. The molecule has 0 bridgehead atoms. The molecule has 0 aliphatic heterocycles. The number of nitrogens with one attached hydrogen (secondary N) is 1. The Balaban J connectivity index is 1.77. The second-order valence-corrected chi connectivity index (χ2v) is 7.90. The van der Waals surface area contributed by atoms with E-state index >= 15 is 0 Å². The smallest absolute Gasteiger partial charge is 0.408 e. The second kappa shape index (κ2) is 13.3. The third-order valence-corrected chi connectivity index (χ3v) is 5.15. The minimum atomic E-state index is -1.23. The van der Waals surface area contributed by atoms with Crippen molar-refractivity contribution >= 4 is 23.9 Å². The third kappa shape index (κ3) is 8.39. The molecule has 3 aromatic carbocycles. The van der Waals surface area contributed by atoms with Crippen molar-refractivity contribution in [1.29, 1.82) is 0 Å². The van der Waals surface area contributed by atoms with Crippen LogP contribution in [0.5, 0.6) is 5.75 Å². The van der Waals surface area contributed by atoms with Crippen LogP contribution in [0.4, 0.5) is 4.79 Å². The second-order valence-electron chi connectivity index (χ2n) is 7.90. The Morgan fingerprint density at radius 2 is 1.46 bits per heavy atom. The fourth-order valence-corrected chi connectivity index (χ4v) is 3.31. The minimum Gasteiger partial charge on any atom is -0.497 e. The molecule has 3 N–H and O–H groups in total. The monoisotopic (exact) mass is 505 g/mol. The summed E-state index contributed by atoms with van der Waals surface area (Å²) < 4.78 is 10.3. The van der Waals surface area contributed by atoms with E-state index in [0.717, 1.165) is 5.56 Å². The Kier molecular flexibility index (Phi) is 9.60. The van der Waals surface area contributed by atoms with Gasteiger partial charge in [0.15, 0.2) is 0 Å². The molecule has 0 radical (unpaired) electrons. The van der Waals surface area contributed by atoms with Crippen LogP contribution >= 0.6 is 0 Å². The number of carbonyl (C=O) groups is 4. The lowest BCUT2D eigenvalue weighted by Crippen LogP contribution is -2.52. The van der Waals surface area contributed by atoms with E-state index < -0.39 is 36.5 Å². The van der Waals surface area contributed by atoms with Crippen LogP contribution in [0.2, 0.25) is 0 Å². The van der Waals surface area contributed by atoms with Crippen LogP contribution in [-0.4, -0.2) is 48.6 Å². The van der Waals surface area contributed by atoms with Crippen molar-refractivity contribution in [1.82, 2.24) is 10.4 Å². The van der Waals surface area contributed by atoms with Gasteiger partial charge in [-0.25, -0.2) is 9.59 Å². The normalized spacial score (nSPS) is 11.1. The van der Waals surface area contributed by atoms with Crippen LogP contribution in [0.1, 0.15) is 21.5 Å². The average Bonchev–Trinajstić information content (AvgIpc) is 2.91. The van der Waals surface area contributed by atoms with E-state index in [1.165, 1.54) is 19.2 Å². The molecular weight excluding hydrogens is 478 g/mol. The van der Waals surface area contributed by atoms with E-state index in [-0.39, 0.29) is 18.6 Å². The molecule has 0 unspecified atom stereocenters. The SMILES string of the molecule is COc1ccc(C(=O)ON(CC(N)=O)C(=O)[C@H](Cc2ccccc2)NC(=O)OCc2ccccc2)cc1. The standard InChI is InChI=1S/C27H27N3O7/c1-35-22-14-12-21(13-15-22)26(33)37-30(17-24(28)31)25(32)23(16-19-8-4-2-5-9-19)29-27(34)36-18-20-10-6-3-7-11-20/h2-15,23H,16-18H2,1H3,(H2,28,31)(H,29,34)/t23-/m0/s1. The Morgan fingerprint density at radius 3 is 2.03 bits per heavy atom. The number of amides is 3. The lowest BCUT2D eigenvalue weighted by Gasteiger charge is -2.25. The van der Waals surface area contributed by atoms with Crippen LogP contribution < -0.4 is 15.8 Å². The van der Waals surface area contributed by atoms with Crippen molar-refractivity contribution in [2.75, 3.05) is 13.7 Å². The molecule has 0 aliphatic carbocycles. The molecule has 37 heavy (non-hydrogen) atoms. The van der Waals surface area contributed by atoms with Crippen molar-refractivity contribution in [3.8, 4) is 5.75 Å². The summed E-state index contributed by atoms with van der Waals surface area (Å²) in [4.78, 5) is 55.6. The van der Waals surface area contributed by atoms with Crippen molar-refractivity contribution < 1.29 is 33.5 Å². The fraction of sp³-hybridized carbons (Fsp3) is 0.185. The lowest BCUT2D eigenvalue weighted by molar-refractivity contribution is -0.171. The molecule has 0 heterocycles. The summed E-state index contributed by atoms with van der Waals surface area (Å²) in [7, 11) is 1.48. The number of primary amides is 1. The summed E-state index contributed by atoms with van der Waals surface area (Å²) in [5, 5.41) is 3.05. The highest BCUT2D eigenvalue weighted by atomic mass is 16.7. The van der Waals surface area contributed by atoms with E-state index in [1.807, 2.05) is 6.07 Å². The van der Waals surface area contributed by atoms with Gasteiger partial charge in [0.2, 0.25) is 5.91 Å². The quantitative estimate of drug-likeness (QED) is 0.404. The van der Waals surface area contributed by atoms with Crippen LogP contribution in [-0.2, 0) is 32.2 Å². The lowest BCUT2D eigenvalue weighted by atomic mass is 10.1. The number of nitrogens with zero attached hydrogens (tertiary/aromatic N) is 1. The average molecular weight is 506 g/mol. The summed E-state index contributed by atoms with van der Waals surface area (Å²) in [6.45, 7) is -0.733. The number of hydroxylamine groups is 2. The molecule has 0 saturated carbocycles. The van der Waals surface area contributed by atoms with E-state index in [9.17, 15) is 19.2 Å². The number of rotatable bonds is 10. The molecule has 10 nitrogen and oxygen atoms in total. The van der Waals surface area contributed by atoms with Crippen molar-refractivity contribution in [3.05, 3.63) is 102 Å². The van der Waals surface area contributed by atoms with Crippen molar-refractivity contribution in [3.63, 3.8) is 0 Å². The first-order chi connectivity index (χ1) is 17.9. The van der Waals surface area contributed by atoms with E-state index in [0.29, 0.717) is 16.4 Å². The van der Waals surface area contributed by atoms with Gasteiger partial charge in [-0.05, 0) is 35.4 Å². The maximum absolute atomic E-state index is 13.4. The van der Waals surface area contributed by atoms with Crippen molar-refractivity contribution in [2.45, 2.75) is 19.1 Å². The first kappa shape index (κ1) is 26.7. The zero-order valence-corrected chi connectivity index (χ0v) is 20.2. The molecule has 1 atom stereocenters. The molecule has 0 aromatic heterocycles. The summed E-state index contributed by atoms with van der Waals surface area (Å²) >= 11 is 0. The molecule has 0 spiro atoms. The van der Waals surface area contributed by atoms with Gasteiger partial charge in [-0.1, -0.05) is 60.7 Å². The summed E-state index contributed by atoms with van der Waals surface area (Å²) in [6.07, 6.45) is -0.825. The highest BCUT2D eigenvalue weighted by Crippen LogP contribution is 2.14. The molecular formula is C27H27N3O7. The number of nitrogens with two attached hydrogens (primary N) is 1. The van der Waals surface area contributed by atoms with Crippen LogP contribution in [0.25, 0.3) is 0 Å². The predicted molar refractivity (Wildman–Crippen MR) is 133 cm³/mol. The molecule has 192 valence electrons. The molecule has 3 amide bonds. The molecule has 0 fully saturated rings. The van der Waals surface area contributed by atoms with E-state index in [1.54, 1.807) is 66.7 Å². The molecule has 0 aliphatic rings. The minimum absolute atomic E-state index is 0.0175.